The first-order valence-electron chi connectivity index (χ1n) is 9.73. The van der Waals surface area contributed by atoms with Gasteiger partial charge < -0.3 is 10.0 Å². The van der Waals surface area contributed by atoms with E-state index in [2.05, 4.69) is 9.97 Å². The highest BCUT2D eigenvalue weighted by atomic mass is 19.4. The zero-order chi connectivity index (χ0) is 19.4. The molecular formula is C19H26F3N3O2. The van der Waals surface area contributed by atoms with E-state index in [1.165, 1.54) is 0 Å². The van der Waals surface area contributed by atoms with E-state index in [1.54, 1.807) is 4.90 Å². The lowest BCUT2D eigenvalue weighted by Crippen LogP contribution is -2.39. The lowest BCUT2D eigenvalue weighted by molar-refractivity contribution is -0.141. The fourth-order valence-electron chi connectivity index (χ4n) is 4.02. The van der Waals surface area contributed by atoms with Gasteiger partial charge in [0.2, 0.25) is 5.95 Å². The first kappa shape index (κ1) is 19.9. The molecule has 1 saturated heterocycles. The summed E-state index contributed by atoms with van der Waals surface area (Å²) in [5.41, 5.74) is -0.395. The average Bonchev–Trinajstić information content (AvgIpc) is 2.48. The first-order chi connectivity index (χ1) is 12.8. The highest BCUT2D eigenvalue weighted by molar-refractivity contribution is 5.66. The van der Waals surface area contributed by atoms with Gasteiger partial charge in [0.05, 0.1) is 0 Å². The van der Waals surface area contributed by atoms with Gasteiger partial charge in [0.25, 0.3) is 0 Å². The Kier molecular flexibility index (Phi) is 6.22. The van der Waals surface area contributed by atoms with E-state index in [0.29, 0.717) is 25.2 Å². The summed E-state index contributed by atoms with van der Waals surface area (Å²) >= 11 is 0. The Hall–Kier alpha value is -1.86. The molecule has 1 aliphatic carbocycles. The van der Waals surface area contributed by atoms with Crippen LogP contribution in [-0.2, 0) is 17.4 Å². The fourth-order valence-corrected chi connectivity index (χ4v) is 4.02. The third-order valence-corrected chi connectivity index (χ3v) is 5.61. The second-order valence-electron chi connectivity index (χ2n) is 7.78. The zero-order valence-corrected chi connectivity index (χ0v) is 15.3. The molecule has 2 heterocycles. The van der Waals surface area contributed by atoms with Gasteiger partial charge >= 0.3 is 12.1 Å². The van der Waals surface area contributed by atoms with Gasteiger partial charge in [-0.1, -0.05) is 25.7 Å². The maximum absolute atomic E-state index is 13.2. The molecule has 0 aromatic carbocycles. The summed E-state index contributed by atoms with van der Waals surface area (Å²) in [6.07, 6.45) is 2.61. The van der Waals surface area contributed by atoms with Crippen molar-refractivity contribution in [3.05, 3.63) is 17.5 Å². The highest BCUT2D eigenvalue weighted by Crippen LogP contribution is 2.33. The summed E-state index contributed by atoms with van der Waals surface area (Å²) in [6, 6.07) is 1.09. The van der Waals surface area contributed by atoms with Crippen LogP contribution in [0.25, 0.3) is 0 Å². The van der Waals surface area contributed by atoms with Crippen LogP contribution in [0, 0.1) is 11.8 Å². The van der Waals surface area contributed by atoms with Gasteiger partial charge in [-0.3, -0.25) is 4.79 Å². The van der Waals surface area contributed by atoms with Crippen molar-refractivity contribution >= 4 is 11.9 Å². The van der Waals surface area contributed by atoms with Crippen LogP contribution in [-0.4, -0.2) is 34.1 Å². The van der Waals surface area contributed by atoms with Crippen molar-refractivity contribution in [3.63, 3.8) is 0 Å². The monoisotopic (exact) mass is 385 g/mol. The molecule has 0 spiro atoms. The minimum atomic E-state index is -4.47. The average molecular weight is 385 g/mol. The van der Waals surface area contributed by atoms with Crippen molar-refractivity contribution in [2.75, 3.05) is 18.0 Å². The predicted molar refractivity (Wildman–Crippen MR) is 94.5 cm³/mol. The van der Waals surface area contributed by atoms with Crippen LogP contribution in [0.2, 0.25) is 0 Å². The first-order valence-corrected chi connectivity index (χ1v) is 9.73. The summed E-state index contributed by atoms with van der Waals surface area (Å²) in [5, 5.41) is 8.95. The Balaban J connectivity index is 1.66. The van der Waals surface area contributed by atoms with E-state index in [-0.39, 0.29) is 24.2 Å². The number of anilines is 1. The summed E-state index contributed by atoms with van der Waals surface area (Å²) in [6.45, 7) is 1.41. The number of carboxylic acid groups (broad SMARTS) is 1. The van der Waals surface area contributed by atoms with Crippen LogP contribution >= 0.6 is 0 Å². The van der Waals surface area contributed by atoms with E-state index in [9.17, 15) is 18.0 Å². The number of halogens is 3. The number of hydrogen-bond acceptors (Lipinski definition) is 4. The van der Waals surface area contributed by atoms with Crippen LogP contribution in [0.5, 0.6) is 0 Å². The molecule has 1 aromatic rings. The maximum atomic E-state index is 13.2. The van der Waals surface area contributed by atoms with E-state index < -0.39 is 17.8 Å². The molecule has 0 amide bonds. The molecule has 1 N–H and O–H groups in total. The Bertz CT molecular complexity index is 652. The molecule has 27 heavy (non-hydrogen) atoms. The summed E-state index contributed by atoms with van der Waals surface area (Å²) < 4.78 is 39.7. The standard InChI is InChI=1S/C19H26F3N3O2/c20-19(21,22)16-12-15(23-18(24-16)25-8-3-9-25)10-13-4-1-6-14(7-2-5-13)11-17(26)27/h12-14H,1-11H2,(H,26,27). The number of carboxylic acids is 1. The molecule has 2 aliphatic rings. The van der Waals surface area contributed by atoms with Crippen LogP contribution in [0.3, 0.4) is 0 Å². The number of alkyl halides is 3. The van der Waals surface area contributed by atoms with Gasteiger partial charge in [0, 0.05) is 25.2 Å². The largest absolute Gasteiger partial charge is 0.481 e. The molecule has 0 atom stereocenters. The lowest BCUT2D eigenvalue weighted by atomic mass is 9.82. The van der Waals surface area contributed by atoms with Crippen LogP contribution < -0.4 is 4.90 Å². The van der Waals surface area contributed by atoms with Gasteiger partial charge in [-0.25, -0.2) is 9.97 Å². The topological polar surface area (TPSA) is 66.3 Å². The molecule has 3 rings (SSSR count). The number of hydrogen-bond donors (Lipinski definition) is 1. The van der Waals surface area contributed by atoms with Crippen molar-refractivity contribution in [2.24, 2.45) is 11.8 Å². The van der Waals surface area contributed by atoms with Crippen LogP contribution in [0.4, 0.5) is 19.1 Å². The third kappa shape index (κ3) is 5.56. The molecule has 1 saturated carbocycles. The Morgan fingerprint density at radius 2 is 1.70 bits per heavy atom. The smallest absolute Gasteiger partial charge is 0.433 e. The molecule has 8 heteroatoms. The number of nitrogens with zero attached hydrogens (tertiary/aromatic N) is 3. The Morgan fingerprint density at radius 3 is 2.22 bits per heavy atom. The van der Waals surface area contributed by atoms with Gasteiger partial charge in [-0.2, -0.15) is 13.2 Å². The zero-order valence-electron chi connectivity index (χ0n) is 15.3. The van der Waals surface area contributed by atoms with E-state index in [4.69, 9.17) is 5.11 Å². The van der Waals surface area contributed by atoms with E-state index in [1.807, 2.05) is 0 Å². The Morgan fingerprint density at radius 1 is 1.07 bits per heavy atom. The summed E-state index contributed by atoms with van der Waals surface area (Å²) in [7, 11) is 0. The normalized spacial score (nSPS) is 24.0. The number of rotatable bonds is 5. The number of carbonyl (C=O) groups is 1. The minimum absolute atomic E-state index is 0.193. The molecule has 1 aliphatic heterocycles. The summed E-state index contributed by atoms with van der Waals surface area (Å²) in [4.78, 5) is 20.8. The second-order valence-corrected chi connectivity index (χ2v) is 7.78. The lowest BCUT2D eigenvalue weighted by Gasteiger charge is -2.31. The predicted octanol–water partition coefficient (Wildman–Crippen LogP) is 4.31. The van der Waals surface area contributed by atoms with Crippen molar-refractivity contribution in [2.45, 2.75) is 64.0 Å². The maximum Gasteiger partial charge on any atom is 0.433 e. The molecule has 1 aromatic heterocycles. The molecule has 0 bridgehead atoms. The van der Waals surface area contributed by atoms with Crippen molar-refractivity contribution < 1.29 is 23.1 Å². The second kappa shape index (κ2) is 8.44. The molecule has 0 radical (unpaired) electrons. The van der Waals surface area contributed by atoms with E-state index in [0.717, 1.165) is 51.0 Å². The van der Waals surface area contributed by atoms with Gasteiger partial charge in [0.1, 0.15) is 5.69 Å². The third-order valence-electron chi connectivity index (χ3n) is 5.61. The minimum Gasteiger partial charge on any atom is -0.481 e. The van der Waals surface area contributed by atoms with Crippen LogP contribution in [0.15, 0.2) is 6.07 Å². The fraction of sp³-hybridized carbons (Fsp3) is 0.737. The Labute approximate surface area is 157 Å². The SMILES string of the molecule is O=C(O)CC1CCCC(Cc2cc(C(F)(F)F)nc(N3CCC3)n2)CCC1. The van der Waals surface area contributed by atoms with Gasteiger partial charge in [0.15, 0.2) is 0 Å². The quantitative estimate of drug-likeness (QED) is 0.818. The number of aromatic nitrogens is 2. The molecule has 150 valence electrons. The summed E-state index contributed by atoms with van der Waals surface area (Å²) in [5.74, 6) is -0.0527. The molecule has 5 nitrogen and oxygen atoms in total. The molecule has 0 unspecified atom stereocenters. The van der Waals surface area contributed by atoms with Gasteiger partial charge in [-0.15, -0.1) is 0 Å². The van der Waals surface area contributed by atoms with Gasteiger partial charge in [-0.05, 0) is 43.6 Å². The van der Waals surface area contributed by atoms with Crippen molar-refractivity contribution in [1.82, 2.24) is 9.97 Å². The van der Waals surface area contributed by atoms with Crippen LogP contribution in [0.1, 0.15) is 62.8 Å². The molecular weight excluding hydrogens is 359 g/mol. The molecule has 2 fully saturated rings. The highest BCUT2D eigenvalue weighted by Gasteiger charge is 2.35. The van der Waals surface area contributed by atoms with Crippen molar-refractivity contribution in [3.8, 4) is 0 Å². The van der Waals surface area contributed by atoms with E-state index >= 15 is 0 Å². The number of aliphatic carboxylic acids is 1. The van der Waals surface area contributed by atoms with Crippen molar-refractivity contribution in [1.29, 1.82) is 0 Å².